The van der Waals surface area contributed by atoms with Crippen molar-refractivity contribution < 1.29 is 5.11 Å². The van der Waals surface area contributed by atoms with Crippen molar-refractivity contribution in [2.75, 3.05) is 13.1 Å². The van der Waals surface area contributed by atoms with E-state index in [0.29, 0.717) is 13.1 Å². The maximum absolute atomic E-state index is 10.1. The number of hydrogen-bond donors (Lipinski definition) is 1. The molecular weight excluding hydrogens is 246 g/mol. The molecule has 0 aliphatic carbocycles. The summed E-state index contributed by atoms with van der Waals surface area (Å²) in [4.78, 5) is 2.21. The zero-order valence-electron chi connectivity index (χ0n) is 11.2. The van der Waals surface area contributed by atoms with Crippen LogP contribution >= 0.6 is 0 Å². The summed E-state index contributed by atoms with van der Waals surface area (Å²) in [5.74, 6) is 2.48. The van der Waals surface area contributed by atoms with Gasteiger partial charge in [0.15, 0.2) is 0 Å². The molecule has 1 saturated heterocycles. The Hall–Kier alpha value is -2.08. The molecule has 2 heteroatoms. The summed E-state index contributed by atoms with van der Waals surface area (Å²) in [6, 6.07) is 20.8. The normalized spacial score (nSPS) is 17.4. The predicted molar refractivity (Wildman–Crippen MR) is 80.1 cm³/mol. The molecule has 2 nitrogen and oxygen atoms in total. The Kier molecular flexibility index (Phi) is 3.31. The van der Waals surface area contributed by atoms with Crippen molar-refractivity contribution in [3.63, 3.8) is 0 Å². The van der Waals surface area contributed by atoms with Gasteiger partial charge in [0.05, 0.1) is 6.04 Å². The molecular formula is C18H17NO. The molecule has 1 aliphatic rings. The molecule has 0 saturated carbocycles. The molecule has 0 unspecified atom stereocenters. The van der Waals surface area contributed by atoms with Gasteiger partial charge in [-0.3, -0.25) is 4.90 Å². The summed E-state index contributed by atoms with van der Waals surface area (Å²) in [6.45, 7) is 1.02. The number of terminal acetylenes is 1. The number of β-amino-alcohol motifs (C(OH)–C–C–N with tert-alkyl or cyclic N) is 1. The summed E-state index contributed by atoms with van der Waals surface area (Å²) in [6.07, 6.45) is 5.38. The lowest BCUT2D eigenvalue weighted by atomic mass is 9.88. The van der Waals surface area contributed by atoms with E-state index >= 15 is 0 Å². The summed E-state index contributed by atoms with van der Waals surface area (Å²) in [5.41, 5.74) is 1.47. The van der Waals surface area contributed by atoms with E-state index in [1.54, 1.807) is 0 Å². The Labute approximate surface area is 119 Å². The van der Waals surface area contributed by atoms with Crippen LogP contribution in [0.1, 0.15) is 17.2 Å². The second-order valence-corrected chi connectivity index (χ2v) is 5.30. The smallest absolute Gasteiger partial charge is 0.150 e. The summed E-state index contributed by atoms with van der Waals surface area (Å²) < 4.78 is 0. The van der Waals surface area contributed by atoms with E-state index in [1.165, 1.54) is 11.1 Å². The molecule has 100 valence electrons. The highest BCUT2D eigenvalue weighted by molar-refractivity contribution is 5.34. The lowest BCUT2D eigenvalue weighted by molar-refractivity contribution is -0.0678. The molecule has 1 aliphatic heterocycles. The minimum absolute atomic E-state index is 0.144. The van der Waals surface area contributed by atoms with Crippen molar-refractivity contribution >= 4 is 0 Å². The van der Waals surface area contributed by atoms with E-state index < -0.39 is 5.60 Å². The lowest BCUT2D eigenvalue weighted by Gasteiger charge is -2.47. The number of aliphatic hydroxyl groups is 1. The fraction of sp³-hybridized carbons (Fsp3) is 0.222. The number of nitrogens with zero attached hydrogens (tertiary/aromatic N) is 1. The Bertz CT molecular complexity index is 569. The van der Waals surface area contributed by atoms with Gasteiger partial charge < -0.3 is 5.11 Å². The highest BCUT2D eigenvalue weighted by Gasteiger charge is 2.43. The first-order valence-electron chi connectivity index (χ1n) is 6.76. The minimum Gasteiger partial charge on any atom is -0.375 e. The second-order valence-electron chi connectivity index (χ2n) is 5.30. The van der Waals surface area contributed by atoms with Gasteiger partial charge in [0.25, 0.3) is 0 Å². The minimum atomic E-state index is -0.970. The first kappa shape index (κ1) is 12.9. The SMILES string of the molecule is C#CC1(O)CN(C(c2ccccc2)c2ccccc2)C1. The van der Waals surface area contributed by atoms with Crippen LogP contribution in [-0.2, 0) is 0 Å². The van der Waals surface area contributed by atoms with E-state index in [1.807, 2.05) is 36.4 Å². The molecule has 1 fully saturated rings. The Morgan fingerprint density at radius 1 is 0.950 bits per heavy atom. The van der Waals surface area contributed by atoms with Crippen molar-refractivity contribution in [1.29, 1.82) is 0 Å². The molecule has 2 aromatic carbocycles. The van der Waals surface area contributed by atoms with Crippen LogP contribution in [0.25, 0.3) is 0 Å². The monoisotopic (exact) mass is 263 g/mol. The highest BCUT2D eigenvalue weighted by Crippen LogP contribution is 2.35. The molecule has 3 rings (SSSR count). The van der Waals surface area contributed by atoms with E-state index in [0.717, 1.165) is 0 Å². The fourth-order valence-corrected chi connectivity index (χ4v) is 2.78. The van der Waals surface area contributed by atoms with Gasteiger partial charge in [-0.15, -0.1) is 6.42 Å². The van der Waals surface area contributed by atoms with Crippen molar-refractivity contribution in [1.82, 2.24) is 4.90 Å². The van der Waals surface area contributed by atoms with E-state index in [4.69, 9.17) is 6.42 Å². The van der Waals surface area contributed by atoms with Crippen LogP contribution < -0.4 is 0 Å². The predicted octanol–water partition coefficient (Wildman–Crippen LogP) is 2.46. The lowest BCUT2D eigenvalue weighted by Crippen LogP contribution is -2.61. The Morgan fingerprint density at radius 2 is 1.40 bits per heavy atom. The first-order valence-corrected chi connectivity index (χ1v) is 6.76. The van der Waals surface area contributed by atoms with E-state index in [-0.39, 0.29) is 6.04 Å². The Balaban J connectivity index is 1.93. The van der Waals surface area contributed by atoms with Crippen LogP contribution in [0.5, 0.6) is 0 Å². The third kappa shape index (κ3) is 2.34. The van der Waals surface area contributed by atoms with E-state index in [2.05, 4.69) is 35.1 Å². The zero-order chi connectivity index (χ0) is 14.0. The quantitative estimate of drug-likeness (QED) is 0.860. The van der Waals surface area contributed by atoms with Crippen LogP contribution in [-0.4, -0.2) is 28.7 Å². The van der Waals surface area contributed by atoms with Gasteiger partial charge in [-0.05, 0) is 11.1 Å². The molecule has 0 radical (unpaired) electrons. The average molecular weight is 263 g/mol. The largest absolute Gasteiger partial charge is 0.375 e. The van der Waals surface area contributed by atoms with Crippen molar-refractivity contribution in [2.24, 2.45) is 0 Å². The molecule has 0 bridgehead atoms. The summed E-state index contributed by atoms with van der Waals surface area (Å²) in [5, 5.41) is 10.1. The molecule has 1 N–H and O–H groups in total. The van der Waals surface area contributed by atoms with Gasteiger partial charge in [0.1, 0.15) is 5.60 Å². The van der Waals surface area contributed by atoms with Gasteiger partial charge >= 0.3 is 0 Å². The Morgan fingerprint density at radius 3 is 1.80 bits per heavy atom. The van der Waals surface area contributed by atoms with Crippen LogP contribution in [0.2, 0.25) is 0 Å². The van der Waals surface area contributed by atoms with Crippen LogP contribution in [0, 0.1) is 12.3 Å². The van der Waals surface area contributed by atoms with Gasteiger partial charge in [-0.25, -0.2) is 0 Å². The van der Waals surface area contributed by atoms with Gasteiger partial charge in [0.2, 0.25) is 0 Å². The first-order chi connectivity index (χ1) is 9.72. The topological polar surface area (TPSA) is 23.5 Å². The molecule has 0 aromatic heterocycles. The second kappa shape index (κ2) is 5.13. The molecule has 0 amide bonds. The van der Waals surface area contributed by atoms with Crippen molar-refractivity contribution in [3.8, 4) is 12.3 Å². The maximum atomic E-state index is 10.1. The van der Waals surface area contributed by atoms with Crippen molar-refractivity contribution in [2.45, 2.75) is 11.6 Å². The van der Waals surface area contributed by atoms with Crippen molar-refractivity contribution in [3.05, 3.63) is 71.8 Å². The average Bonchev–Trinajstić information content (AvgIpc) is 2.48. The molecule has 20 heavy (non-hydrogen) atoms. The van der Waals surface area contributed by atoms with Gasteiger partial charge in [0, 0.05) is 13.1 Å². The van der Waals surface area contributed by atoms with Gasteiger partial charge in [-0.1, -0.05) is 66.6 Å². The third-order valence-electron chi connectivity index (χ3n) is 3.79. The summed E-state index contributed by atoms with van der Waals surface area (Å²) >= 11 is 0. The maximum Gasteiger partial charge on any atom is 0.150 e. The third-order valence-corrected chi connectivity index (χ3v) is 3.79. The molecule has 2 aromatic rings. The molecule has 0 spiro atoms. The number of benzene rings is 2. The number of hydrogen-bond acceptors (Lipinski definition) is 2. The van der Waals surface area contributed by atoms with Crippen LogP contribution in [0.3, 0.4) is 0 Å². The van der Waals surface area contributed by atoms with Gasteiger partial charge in [-0.2, -0.15) is 0 Å². The highest BCUT2D eigenvalue weighted by atomic mass is 16.3. The molecule has 1 heterocycles. The summed E-state index contributed by atoms with van der Waals surface area (Å²) in [7, 11) is 0. The molecule has 0 atom stereocenters. The number of rotatable bonds is 3. The standard InChI is InChI=1S/C18H17NO/c1-2-18(20)13-19(14-18)17(15-9-5-3-6-10-15)16-11-7-4-8-12-16/h1,3-12,17,20H,13-14H2. The zero-order valence-corrected chi connectivity index (χ0v) is 11.2. The van der Waals surface area contributed by atoms with E-state index in [9.17, 15) is 5.11 Å². The van der Waals surface area contributed by atoms with Crippen LogP contribution in [0.4, 0.5) is 0 Å². The fourth-order valence-electron chi connectivity index (χ4n) is 2.78. The van der Waals surface area contributed by atoms with Crippen LogP contribution in [0.15, 0.2) is 60.7 Å². The number of likely N-dealkylation sites (tertiary alicyclic amines) is 1.